The van der Waals surface area contributed by atoms with Gasteiger partial charge in [-0.3, -0.25) is 14.5 Å². The summed E-state index contributed by atoms with van der Waals surface area (Å²) in [5.41, 5.74) is 3.18. The van der Waals surface area contributed by atoms with Gasteiger partial charge < -0.3 is 10.1 Å². The molecule has 7 heteroatoms. The van der Waals surface area contributed by atoms with Gasteiger partial charge in [-0.25, -0.2) is 4.98 Å². The van der Waals surface area contributed by atoms with Gasteiger partial charge in [0.25, 0.3) is 5.91 Å². The van der Waals surface area contributed by atoms with Gasteiger partial charge in [-0.15, -0.1) is 0 Å². The molecule has 0 saturated heterocycles. The maximum Gasteiger partial charge on any atom is 0.251 e. The molecule has 0 aliphatic carbocycles. The molecule has 1 N–H and O–H groups in total. The van der Waals surface area contributed by atoms with Crippen molar-refractivity contribution in [3.05, 3.63) is 90.5 Å². The van der Waals surface area contributed by atoms with Crippen LogP contribution in [-0.2, 0) is 7.05 Å². The van der Waals surface area contributed by atoms with Gasteiger partial charge in [-0.05, 0) is 36.8 Å². The first kappa shape index (κ1) is 19.3. The van der Waals surface area contributed by atoms with Crippen LogP contribution in [0.4, 0.5) is 0 Å². The molecule has 1 aromatic carbocycles. The highest BCUT2D eigenvalue weighted by Gasteiger charge is 2.13. The number of amides is 1. The number of pyridine rings is 2. The molecular weight excluding hydrogens is 378 g/mol. The minimum absolute atomic E-state index is 0.127. The monoisotopic (exact) mass is 399 g/mol. The summed E-state index contributed by atoms with van der Waals surface area (Å²) in [6.45, 7) is 1.92. The third-order valence-corrected chi connectivity index (χ3v) is 4.60. The third-order valence-electron chi connectivity index (χ3n) is 4.60. The van der Waals surface area contributed by atoms with Gasteiger partial charge in [0.2, 0.25) is 5.88 Å². The van der Waals surface area contributed by atoms with E-state index in [-0.39, 0.29) is 11.9 Å². The number of ether oxygens (including phenoxy) is 1. The Kier molecular flexibility index (Phi) is 5.52. The predicted molar refractivity (Wildman–Crippen MR) is 113 cm³/mol. The summed E-state index contributed by atoms with van der Waals surface area (Å²) in [7, 11) is 1.86. The summed E-state index contributed by atoms with van der Waals surface area (Å²) >= 11 is 0. The van der Waals surface area contributed by atoms with Crippen LogP contribution in [0.3, 0.4) is 0 Å². The molecule has 0 spiro atoms. The fourth-order valence-corrected chi connectivity index (χ4v) is 3.01. The van der Waals surface area contributed by atoms with Gasteiger partial charge in [0, 0.05) is 48.9 Å². The molecular formula is C23H21N5O2. The summed E-state index contributed by atoms with van der Waals surface area (Å²) in [5, 5.41) is 7.17. The van der Waals surface area contributed by atoms with Crippen LogP contribution in [0.25, 0.3) is 11.3 Å². The average molecular weight is 399 g/mol. The molecule has 1 amide bonds. The lowest BCUT2D eigenvalue weighted by Crippen LogP contribution is -2.26. The molecule has 4 aromatic rings. The second kappa shape index (κ2) is 8.57. The molecule has 0 saturated carbocycles. The number of nitrogens with one attached hydrogen (secondary N) is 1. The van der Waals surface area contributed by atoms with Crippen LogP contribution < -0.4 is 10.1 Å². The number of nitrogens with zero attached hydrogens (tertiary/aromatic N) is 4. The van der Waals surface area contributed by atoms with Crippen molar-refractivity contribution in [2.24, 2.45) is 7.05 Å². The number of benzene rings is 1. The molecule has 150 valence electrons. The van der Waals surface area contributed by atoms with Crippen LogP contribution >= 0.6 is 0 Å². The van der Waals surface area contributed by atoms with Crippen molar-refractivity contribution in [3.63, 3.8) is 0 Å². The summed E-state index contributed by atoms with van der Waals surface area (Å²) in [6, 6.07) is 16.2. The molecule has 30 heavy (non-hydrogen) atoms. The lowest BCUT2D eigenvalue weighted by atomic mass is 10.1. The zero-order valence-electron chi connectivity index (χ0n) is 16.7. The third kappa shape index (κ3) is 4.52. The van der Waals surface area contributed by atoms with E-state index < -0.39 is 0 Å². The molecule has 0 aliphatic heterocycles. The SMILES string of the molecule is CC(NC(=O)c1ccccc1)c1ccnc(Oc2ccnc(-c3cnn(C)c3)c2)c1. The highest BCUT2D eigenvalue weighted by atomic mass is 16.5. The number of carbonyl (C=O) groups is 1. The highest BCUT2D eigenvalue weighted by Crippen LogP contribution is 2.26. The number of aromatic nitrogens is 4. The minimum Gasteiger partial charge on any atom is -0.439 e. The molecule has 3 aromatic heterocycles. The van der Waals surface area contributed by atoms with Gasteiger partial charge in [0.15, 0.2) is 0 Å². The Bertz CT molecular complexity index is 1160. The van der Waals surface area contributed by atoms with Crippen LogP contribution in [0.5, 0.6) is 11.6 Å². The molecule has 1 unspecified atom stereocenters. The van der Waals surface area contributed by atoms with Crippen molar-refractivity contribution < 1.29 is 9.53 Å². The van der Waals surface area contributed by atoms with Crippen molar-refractivity contribution in [3.8, 4) is 22.9 Å². The van der Waals surface area contributed by atoms with Crippen molar-refractivity contribution in [1.29, 1.82) is 0 Å². The predicted octanol–water partition coefficient (Wildman–Crippen LogP) is 4.16. The average Bonchev–Trinajstić information content (AvgIpc) is 3.21. The Hall–Kier alpha value is -4.00. The highest BCUT2D eigenvalue weighted by molar-refractivity contribution is 5.94. The van der Waals surface area contributed by atoms with E-state index >= 15 is 0 Å². The summed E-state index contributed by atoms with van der Waals surface area (Å²) in [4.78, 5) is 21.1. The van der Waals surface area contributed by atoms with E-state index in [4.69, 9.17) is 4.74 Å². The molecule has 0 bridgehead atoms. The van der Waals surface area contributed by atoms with E-state index in [1.165, 1.54) is 0 Å². The number of carbonyl (C=O) groups excluding carboxylic acids is 1. The van der Waals surface area contributed by atoms with Crippen LogP contribution in [0.1, 0.15) is 28.9 Å². The summed E-state index contributed by atoms with van der Waals surface area (Å²) in [5.74, 6) is 0.934. The largest absolute Gasteiger partial charge is 0.439 e. The van der Waals surface area contributed by atoms with Crippen LogP contribution in [0.15, 0.2) is 79.4 Å². The molecule has 0 fully saturated rings. The van der Waals surface area contributed by atoms with Crippen molar-refractivity contribution in [2.75, 3.05) is 0 Å². The number of rotatable bonds is 6. The van der Waals surface area contributed by atoms with E-state index in [9.17, 15) is 4.79 Å². The minimum atomic E-state index is -0.202. The Labute approximate surface area is 174 Å². The first-order chi connectivity index (χ1) is 14.6. The molecule has 0 aliphatic rings. The number of hydrogen-bond donors (Lipinski definition) is 1. The van der Waals surface area contributed by atoms with Gasteiger partial charge in [0.05, 0.1) is 17.9 Å². The van der Waals surface area contributed by atoms with Gasteiger partial charge in [-0.1, -0.05) is 18.2 Å². The van der Waals surface area contributed by atoms with E-state index in [1.54, 1.807) is 41.5 Å². The first-order valence-corrected chi connectivity index (χ1v) is 9.53. The second-order valence-electron chi connectivity index (χ2n) is 6.87. The fraction of sp³-hybridized carbons (Fsp3) is 0.130. The molecule has 4 rings (SSSR count). The van der Waals surface area contributed by atoms with E-state index in [2.05, 4.69) is 20.4 Å². The summed E-state index contributed by atoms with van der Waals surface area (Å²) < 4.78 is 7.66. The maximum atomic E-state index is 12.4. The molecule has 1 atom stereocenters. The fourth-order valence-electron chi connectivity index (χ4n) is 3.01. The van der Waals surface area contributed by atoms with Crippen LogP contribution in [0.2, 0.25) is 0 Å². The Morgan fingerprint density at radius 2 is 1.87 bits per heavy atom. The van der Waals surface area contributed by atoms with Gasteiger partial charge in [-0.2, -0.15) is 5.10 Å². The Balaban J connectivity index is 1.48. The standard InChI is InChI=1S/C23H21N5O2/c1-16(27-23(29)17-6-4-3-5-7-17)18-8-10-25-22(12-18)30-20-9-11-24-21(13-20)19-14-26-28(2)15-19/h3-16H,1-2H3,(H,27,29). The summed E-state index contributed by atoms with van der Waals surface area (Å²) in [6.07, 6.45) is 6.99. The van der Waals surface area contributed by atoms with Gasteiger partial charge in [0.1, 0.15) is 5.75 Å². The number of hydrogen-bond acceptors (Lipinski definition) is 5. The molecule has 0 radical (unpaired) electrons. The van der Waals surface area contributed by atoms with Crippen molar-refractivity contribution in [1.82, 2.24) is 25.1 Å². The maximum absolute atomic E-state index is 12.4. The zero-order chi connectivity index (χ0) is 20.9. The van der Waals surface area contributed by atoms with Crippen LogP contribution in [-0.4, -0.2) is 25.7 Å². The number of aryl methyl sites for hydroxylation is 1. The van der Waals surface area contributed by atoms with E-state index in [0.29, 0.717) is 17.2 Å². The lowest BCUT2D eigenvalue weighted by Gasteiger charge is -2.15. The lowest BCUT2D eigenvalue weighted by molar-refractivity contribution is 0.0940. The van der Waals surface area contributed by atoms with Crippen molar-refractivity contribution in [2.45, 2.75) is 13.0 Å². The smallest absolute Gasteiger partial charge is 0.251 e. The first-order valence-electron chi connectivity index (χ1n) is 9.53. The van der Waals surface area contributed by atoms with E-state index in [0.717, 1.165) is 16.8 Å². The normalized spacial score (nSPS) is 11.7. The second-order valence-corrected chi connectivity index (χ2v) is 6.87. The Morgan fingerprint density at radius 1 is 1.07 bits per heavy atom. The topological polar surface area (TPSA) is 81.9 Å². The Morgan fingerprint density at radius 3 is 2.63 bits per heavy atom. The zero-order valence-corrected chi connectivity index (χ0v) is 16.7. The quantitative estimate of drug-likeness (QED) is 0.526. The van der Waals surface area contributed by atoms with Crippen LogP contribution in [0, 0.1) is 0 Å². The van der Waals surface area contributed by atoms with Crippen molar-refractivity contribution >= 4 is 5.91 Å². The van der Waals surface area contributed by atoms with Gasteiger partial charge >= 0.3 is 0 Å². The molecule has 3 heterocycles. The molecule has 7 nitrogen and oxygen atoms in total. The van der Waals surface area contributed by atoms with E-state index in [1.807, 2.05) is 56.6 Å².